The van der Waals surface area contributed by atoms with E-state index in [2.05, 4.69) is 26.0 Å². The number of unbranched alkanes of at least 4 members (excludes halogenated alkanes) is 2. The summed E-state index contributed by atoms with van der Waals surface area (Å²) in [4.78, 5) is 0. The molecule has 0 fully saturated rings. The molecule has 0 aromatic heterocycles. The Morgan fingerprint density at radius 1 is 1.29 bits per heavy atom. The van der Waals surface area contributed by atoms with Gasteiger partial charge in [0.25, 0.3) is 0 Å². The van der Waals surface area contributed by atoms with Gasteiger partial charge >= 0.3 is 0 Å². The molecule has 1 aliphatic heterocycles. The molecule has 0 bridgehead atoms. The molecule has 1 aromatic carbocycles. The molecule has 0 radical (unpaired) electrons. The Labute approximate surface area is 145 Å². The molecule has 2 aliphatic rings. The van der Waals surface area contributed by atoms with Crippen LogP contribution in [0.15, 0.2) is 23.8 Å². The highest BCUT2D eigenvalue weighted by atomic mass is 16.5. The number of hydrogen-bond acceptors (Lipinski definition) is 3. The lowest BCUT2D eigenvalue weighted by Crippen LogP contribution is -2.42. The average molecular weight is 330 g/mol. The summed E-state index contributed by atoms with van der Waals surface area (Å²) in [6.07, 6.45) is 8.61. The Hall–Kier alpha value is -1.48. The zero-order chi connectivity index (χ0) is 17.3. The van der Waals surface area contributed by atoms with Gasteiger partial charge in [-0.2, -0.15) is 0 Å². The Balaban J connectivity index is 2.00. The van der Waals surface area contributed by atoms with Gasteiger partial charge in [0.15, 0.2) is 0 Å². The van der Waals surface area contributed by atoms with Crippen LogP contribution in [0.4, 0.5) is 0 Å². The predicted molar refractivity (Wildman–Crippen MR) is 96.7 cm³/mol. The number of phenols is 1. The molecule has 1 aromatic rings. The van der Waals surface area contributed by atoms with E-state index in [1.807, 2.05) is 13.0 Å². The number of allylic oxidation sites excluding steroid dienone is 2. The van der Waals surface area contributed by atoms with E-state index in [1.54, 1.807) is 0 Å². The van der Waals surface area contributed by atoms with Crippen LogP contribution in [0.25, 0.3) is 0 Å². The first-order valence-corrected chi connectivity index (χ1v) is 9.30. The van der Waals surface area contributed by atoms with E-state index in [-0.39, 0.29) is 18.4 Å². The summed E-state index contributed by atoms with van der Waals surface area (Å²) < 4.78 is 5.98. The molecule has 1 heterocycles. The lowest BCUT2D eigenvalue weighted by molar-refractivity contribution is -0.0407. The van der Waals surface area contributed by atoms with E-state index in [4.69, 9.17) is 4.74 Å². The number of phenolic OH excluding ortho intramolecular Hbond substituents is 1. The Kier molecular flexibility index (Phi) is 4.91. The number of aryl methyl sites for hydroxylation is 1. The van der Waals surface area contributed by atoms with E-state index in [9.17, 15) is 10.2 Å². The van der Waals surface area contributed by atoms with E-state index in [0.717, 1.165) is 42.6 Å². The highest BCUT2D eigenvalue weighted by Gasteiger charge is 2.44. The topological polar surface area (TPSA) is 49.7 Å². The van der Waals surface area contributed by atoms with Gasteiger partial charge in [-0.25, -0.2) is 0 Å². The molecule has 3 atom stereocenters. The second kappa shape index (κ2) is 6.79. The molecule has 1 aliphatic carbocycles. The second-order valence-corrected chi connectivity index (χ2v) is 7.81. The molecule has 3 heteroatoms. The van der Waals surface area contributed by atoms with Gasteiger partial charge in [0.05, 0.1) is 5.60 Å². The fourth-order valence-corrected chi connectivity index (χ4v) is 4.23. The molecule has 0 amide bonds. The number of ether oxygens (including phenoxy) is 1. The van der Waals surface area contributed by atoms with E-state index >= 15 is 0 Å². The maximum absolute atomic E-state index is 10.9. The SMILES string of the molecule is CCCCCc1cc(O)c2c(c1)OCC(C)(O)C1CCC(C)=CC21. The summed E-state index contributed by atoms with van der Waals surface area (Å²) in [5, 5.41) is 21.6. The molecule has 2 N–H and O–H groups in total. The predicted octanol–water partition coefficient (Wildman–Crippen LogP) is 4.71. The maximum atomic E-state index is 10.9. The minimum Gasteiger partial charge on any atom is -0.507 e. The summed E-state index contributed by atoms with van der Waals surface area (Å²) in [6.45, 7) is 6.47. The lowest BCUT2D eigenvalue weighted by Gasteiger charge is -2.37. The number of hydrogen-bond donors (Lipinski definition) is 2. The fraction of sp³-hybridized carbons (Fsp3) is 0.619. The van der Waals surface area contributed by atoms with Crippen LogP contribution >= 0.6 is 0 Å². The normalized spacial score (nSPS) is 29.1. The van der Waals surface area contributed by atoms with Crippen molar-refractivity contribution in [3.05, 3.63) is 34.9 Å². The van der Waals surface area contributed by atoms with Crippen LogP contribution in [-0.2, 0) is 6.42 Å². The molecular formula is C21H30O3. The average Bonchev–Trinajstić information content (AvgIpc) is 2.63. The Bertz CT molecular complexity index is 630. The molecule has 3 unspecified atom stereocenters. The molecule has 24 heavy (non-hydrogen) atoms. The first-order chi connectivity index (χ1) is 11.4. The van der Waals surface area contributed by atoms with Crippen molar-refractivity contribution < 1.29 is 14.9 Å². The van der Waals surface area contributed by atoms with Crippen LogP contribution in [0, 0.1) is 5.92 Å². The maximum Gasteiger partial charge on any atom is 0.127 e. The third kappa shape index (κ3) is 3.32. The monoisotopic (exact) mass is 330 g/mol. The van der Waals surface area contributed by atoms with Crippen molar-refractivity contribution in [3.8, 4) is 11.5 Å². The van der Waals surface area contributed by atoms with Crippen molar-refractivity contribution >= 4 is 0 Å². The van der Waals surface area contributed by atoms with Crippen LogP contribution in [0.3, 0.4) is 0 Å². The van der Waals surface area contributed by atoms with Crippen molar-refractivity contribution in [2.24, 2.45) is 5.92 Å². The van der Waals surface area contributed by atoms with Crippen molar-refractivity contribution in [1.82, 2.24) is 0 Å². The highest BCUT2D eigenvalue weighted by molar-refractivity contribution is 5.53. The summed E-state index contributed by atoms with van der Waals surface area (Å²) in [6, 6.07) is 3.97. The zero-order valence-electron chi connectivity index (χ0n) is 15.1. The van der Waals surface area contributed by atoms with Gasteiger partial charge in [-0.1, -0.05) is 31.4 Å². The first-order valence-electron chi connectivity index (χ1n) is 9.30. The number of fused-ring (bicyclic) bond motifs is 3. The third-order valence-corrected chi connectivity index (χ3v) is 5.65. The molecular weight excluding hydrogens is 300 g/mol. The van der Waals surface area contributed by atoms with Gasteiger partial charge in [-0.05, 0) is 57.2 Å². The minimum atomic E-state index is -0.879. The Morgan fingerprint density at radius 3 is 2.83 bits per heavy atom. The summed E-state index contributed by atoms with van der Waals surface area (Å²) in [5.41, 5.74) is 2.42. The number of aromatic hydroxyl groups is 1. The third-order valence-electron chi connectivity index (χ3n) is 5.65. The fourth-order valence-electron chi connectivity index (χ4n) is 4.23. The van der Waals surface area contributed by atoms with Crippen molar-refractivity contribution in [1.29, 1.82) is 0 Å². The summed E-state index contributed by atoms with van der Waals surface area (Å²) >= 11 is 0. The largest absolute Gasteiger partial charge is 0.507 e. The molecule has 0 spiro atoms. The van der Waals surface area contributed by atoms with Crippen LogP contribution in [0.2, 0.25) is 0 Å². The number of aliphatic hydroxyl groups is 1. The van der Waals surface area contributed by atoms with Gasteiger partial charge in [0.2, 0.25) is 0 Å². The van der Waals surface area contributed by atoms with E-state index in [1.165, 1.54) is 18.4 Å². The molecule has 3 nitrogen and oxygen atoms in total. The summed E-state index contributed by atoms with van der Waals surface area (Å²) in [5.74, 6) is 1.17. The Morgan fingerprint density at radius 2 is 2.08 bits per heavy atom. The molecule has 0 saturated carbocycles. The smallest absolute Gasteiger partial charge is 0.127 e. The van der Waals surface area contributed by atoms with Crippen LogP contribution in [0.1, 0.15) is 69.9 Å². The van der Waals surface area contributed by atoms with Crippen LogP contribution in [0.5, 0.6) is 11.5 Å². The van der Waals surface area contributed by atoms with Crippen molar-refractivity contribution in [2.75, 3.05) is 6.61 Å². The van der Waals surface area contributed by atoms with Gasteiger partial charge in [-0.3, -0.25) is 0 Å². The van der Waals surface area contributed by atoms with Gasteiger partial charge in [0, 0.05) is 17.4 Å². The van der Waals surface area contributed by atoms with Crippen molar-refractivity contribution in [2.45, 2.75) is 70.8 Å². The zero-order valence-corrected chi connectivity index (χ0v) is 15.1. The van der Waals surface area contributed by atoms with Gasteiger partial charge in [0.1, 0.15) is 18.1 Å². The number of benzene rings is 1. The van der Waals surface area contributed by atoms with E-state index in [0.29, 0.717) is 5.75 Å². The van der Waals surface area contributed by atoms with Gasteiger partial charge < -0.3 is 14.9 Å². The lowest BCUT2D eigenvalue weighted by atomic mass is 9.70. The van der Waals surface area contributed by atoms with E-state index < -0.39 is 5.60 Å². The second-order valence-electron chi connectivity index (χ2n) is 7.81. The quantitative estimate of drug-likeness (QED) is 0.621. The standard InChI is InChI=1S/C21H30O3/c1-4-5-6-7-15-11-18(22)20-16-10-14(2)8-9-17(16)21(3,23)13-24-19(20)12-15/h10-12,16-17,22-23H,4-9,13H2,1-3H3. The van der Waals surface area contributed by atoms with Crippen LogP contribution in [-0.4, -0.2) is 22.4 Å². The minimum absolute atomic E-state index is 0.0240. The summed E-state index contributed by atoms with van der Waals surface area (Å²) in [7, 11) is 0. The first kappa shape index (κ1) is 17.3. The molecule has 3 rings (SSSR count). The molecule has 0 saturated heterocycles. The van der Waals surface area contributed by atoms with Gasteiger partial charge in [-0.15, -0.1) is 0 Å². The van der Waals surface area contributed by atoms with Crippen molar-refractivity contribution in [3.63, 3.8) is 0 Å². The highest BCUT2D eigenvalue weighted by Crippen LogP contribution is 2.50. The van der Waals surface area contributed by atoms with Crippen LogP contribution < -0.4 is 4.74 Å². The number of rotatable bonds is 4. The molecule has 132 valence electrons.